The number of ether oxygens (including phenoxy) is 4. The van der Waals surface area contributed by atoms with E-state index in [-0.39, 0.29) is 19.2 Å². The highest BCUT2D eigenvalue weighted by Crippen LogP contribution is 2.44. The van der Waals surface area contributed by atoms with Crippen LogP contribution in [0.3, 0.4) is 0 Å². The zero-order valence-corrected chi connectivity index (χ0v) is 24.9. The van der Waals surface area contributed by atoms with Crippen molar-refractivity contribution in [2.24, 2.45) is 0 Å². The fourth-order valence-electron chi connectivity index (χ4n) is 4.79. The molecule has 0 aliphatic rings. The average Bonchev–Trinajstić information content (AvgIpc) is 3.05. The second kappa shape index (κ2) is 14.1. The molecule has 5 aromatic rings. The van der Waals surface area contributed by atoms with E-state index in [0.717, 1.165) is 21.5 Å². The van der Waals surface area contributed by atoms with Crippen LogP contribution >= 0.6 is 11.6 Å². The summed E-state index contributed by atoms with van der Waals surface area (Å²) in [6.45, 7) is 4.23. The molecule has 43 heavy (non-hydrogen) atoms. The SMILES string of the molecule is CCC(COc1c2ccccc2c(OCC(CC)OC(=O)c2ccccc2)c2cc(Cl)ccc12)OC(=O)c1ccccc1. The van der Waals surface area contributed by atoms with Gasteiger partial charge in [0, 0.05) is 26.6 Å². The summed E-state index contributed by atoms with van der Waals surface area (Å²) >= 11 is 6.46. The summed E-state index contributed by atoms with van der Waals surface area (Å²) in [5.41, 5.74) is 0.984. The Bertz CT molecular complexity index is 1700. The van der Waals surface area contributed by atoms with Crippen LogP contribution in [0.1, 0.15) is 47.4 Å². The van der Waals surface area contributed by atoms with E-state index in [9.17, 15) is 9.59 Å². The summed E-state index contributed by atoms with van der Waals surface area (Å²) in [4.78, 5) is 25.4. The number of fused-ring (bicyclic) bond motifs is 2. The Kier molecular flexibility index (Phi) is 9.80. The third-order valence-electron chi connectivity index (χ3n) is 7.19. The Balaban J connectivity index is 1.42. The second-order valence-corrected chi connectivity index (χ2v) is 10.6. The average molecular weight is 597 g/mol. The number of carbonyl (C=O) groups excluding carboxylic acids is 2. The minimum atomic E-state index is -0.457. The number of benzene rings is 5. The molecular weight excluding hydrogens is 564 g/mol. The lowest BCUT2D eigenvalue weighted by molar-refractivity contribution is 0.0159. The molecule has 0 amide bonds. The summed E-state index contributed by atoms with van der Waals surface area (Å²) < 4.78 is 24.4. The minimum absolute atomic E-state index is 0.161. The third kappa shape index (κ3) is 7.09. The maximum absolute atomic E-state index is 12.7. The Hall–Kier alpha value is -4.55. The molecule has 0 aromatic heterocycles. The molecular formula is C36H33ClO6. The molecule has 0 fully saturated rings. The van der Waals surface area contributed by atoms with E-state index in [1.807, 2.05) is 62.4 Å². The lowest BCUT2D eigenvalue weighted by Crippen LogP contribution is -2.25. The number of hydrogen-bond acceptors (Lipinski definition) is 6. The molecule has 0 aliphatic carbocycles. The van der Waals surface area contributed by atoms with Crippen LogP contribution in [0.25, 0.3) is 21.5 Å². The van der Waals surface area contributed by atoms with Crippen LogP contribution in [0.4, 0.5) is 0 Å². The molecule has 0 spiro atoms. The van der Waals surface area contributed by atoms with Crippen molar-refractivity contribution in [1.29, 1.82) is 0 Å². The van der Waals surface area contributed by atoms with E-state index in [1.165, 1.54) is 0 Å². The van der Waals surface area contributed by atoms with Gasteiger partial charge in [-0.25, -0.2) is 9.59 Å². The van der Waals surface area contributed by atoms with E-state index in [2.05, 4.69) is 0 Å². The van der Waals surface area contributed by atoms with Crippen LogP contribution in [0.2, 0.25) is 5.02 Å². The van der Waals surface area contributed by atoms with Crippen molar-refractivity contribution in [1.82, 2.24) is 0 Å². The minimum Gasteiger partial charge on any atom is -0.488 e. The zero-order chi connectivity index (χ0) is 30.2. The topological polar surface area (TPSA) is 71.1 Å². The smallest absolute Gasteiger partial charge is 0.338 e. The van der Waals surface area contributed by atoms with Crippen molar-refractivity contribution >= 4 is 45.1 Å². The maximum Gasteiger partial charge on any atom is 0.338 e. The Morgan fingerprint density at radius 2 is 1.00 bits per heavy atom. The van der Waals surface area contributed by atoms with Crippen LogP contribution in [0, 0.1) is 0 Å². The van der Waals surface area contributed by atoms with E-state index in [0.29, 0.717) is 40.5 Å². The van der Waals surface area contributed by atoms with Gasteiger partial charge in [-0.15, -0.1) is 0 Å². The summed E-state index contributed by atoms with van der Waals surface area (Å²) in [5.74, 6) is 0.485. The molecule has 0 saturated heterocycles. The molecule has 2 atom stereocenters. The molecule has 0 aliphatic heterocycles. The first-order chi connectivity index (χ1) is 21.0. The monoisotopic (exact) mass is 596 g/mol. The van der Waals surface area contributed by atoms with Gasteiger partial charge in [0.1, 0.15) is 36.9 Å². The third-order valence-corrected chi connectivity index (χ3v) is 7.43. The number of rotatable bonds is 12. The van der Waals surface area contributed by atoms with Crippen molar-refractivity contribution in [3.63, 3.8) is 0 Å². The van der Waals surface area contributed by atoms with Crippen molar-refractivity contribution < 1.29 is 28.5 Å². The molecule has 6 nitrogen and oxygen atoms in total. The molecule has 0 N–H and O–H groups in total. The fraction of sp³-hybridized carbons (Fsp3) is 0.222. The van der Waals surface area contributed by atoms with E-state index in [4.69, 9.17) is 30.5 Å². The molecule has 220 valence electrons. The first kappa shape index (κ1) is 29.9. The number of carbonyl (C=O) groups is 2. The van der Waals surface area contributed by atoms with Gasteiger partial charge in [-0.3, -0.25) is 0 Å². The molecule has 0 saturated carbocycles. The van der Waals surface area contributed by atoms with Crippen LogP contribution < -0.4 is 9.47 Å². The normalized spacial score (nSPS) is 12.4. The van der Waals surface area contributed by atoms with E-state index in [1.54, 1.807) is 54.6 Å². The van der Waals surface area contributed by atoms with Crippen LogP contribution in [0.5, 0.6) is 11.5 Å². The van der Waals surface area contributed by atoms with Crippen molar-refractivity contribution in [2.45, 2.75) is 38.9 Å². The standard InChI is InChI=1S/C36H33ClO6/c1-3-27(42-35(38)24-13-7-5-8-14-24)22-40-33-29-17-11-12-18-30(29)34(32-21-26(37)19-20-31(32)33)41-23-28(4-2)43-36(39)25-15-9-6-10-16-25/h5-21,27-28H,3-4,22-23H2,1-2H3. The summed E-state index contributed by atoms with van der Waals surface area (Å²) in [6.07, 6.45) is 0.258. The highest BCUT2D eigenvalue weighted by atomic mass is 35.5. The van der Waals surface area contributed by atoms with Crippen molar-refractivity contribution in [3.8, 4) is 11.5 Å². The molecule has 0 radical (unpaired) electrons. The lowest BCUT2D eigenvalue weighted by atomic mass is 10.0. The van der Waals surface area contributed by atoms with Gasteiger partial charge in [0.25, 0.3) is 0 Å². The van der Waals surface area contributed by atoms with Gasteiger partial charge >= 0.3 is 11.9 Å². The summed E-state index contributed by atoms with van der Waals surface area (Å²) in [6, 6.07) is 31.2. The molecule has 0 heterocycles. The largest absolute Gasteiger partial charge is 0.488 e. The number of hydrogen-bond donors (Lipinski definition) is 0. The number of halogens is 1. The van der Waals surface area contributed by atoms with Crippen LogP contribution in [-0.2, 0) is 9.47 Å². The maximum atomic E-state index is 12.7. The van der Waals surface area contributed by atoms with Crippen LogP contribution in [-0.4, -0.2) is 37.4 Å². The Labute approximate surface area is 256 Å². The molecule has 2 unspecified atom stereocenters. The quantitative estimate of drug-likeness (QED) is 0.106. The predicted octanol–water partition coefficient (Wildman–Crippen LogP) is 8.68. The van der Waals surface area contributed by atoms with Gasteiger partial charge in [0.05, 0.1) is 11.1 Å². The van der Waals surface area contributed by atoms with Gasteiger partial charge in [-0.2, -0.15) is 0 Å². The zero-order valence-electron chi connectivity index (χ0n) is 24.1. The predicted molar refractivity (Wildman–Crippen MR) is 169 cm³/mol. The number of esters is 2. The fourth-order valence-corrected chi connectivity index (χ4v) is 4.97. The highest BCUT2D eigenvalue weighted by Gasteiger charge is 2.22. The van der Waals surface area contributed by atoms with E-state index >= 15 is 0 Å². The first-order valence-corrected chi connectivity index (χ1v) is 14.8. The Morgan fingerprint density at radius 3 is 1.47 bits per heavy atom. The first-order valence-electron chi connectivity index (χ1n) is 14.4. The second-order valence-electron chi connectivity index (χ2n) is 10.1. The van der Waals surface area contributed by atoms with Gasteiger partial charge in [-0.05, 0) is 55.3 Å². The molecule has 7 heteroatoms. The van der Waals surface area contributed by atoms with Crippen LogP contribution in [0.15, 0.2) is 103 Å². The molecule has 5 aromatic carbocycles. The van der Waals surface area contributed by atoms with Gasteiger partial charge in [0.2, 0.25) is 0 Å². The van der Waals surface area contributed by atoms with Crippen molar-refractivity contribution in [3.05, 3.63) is 119 Å². The lowest BCUT2D eigenvalue weighted by Gasteiger charge is -2.22. The molecule has 0 bridgehead atoms. The molecule has 5 rings (SSSR count). The van der Waals surface area contributed by atoms with E-state index < -0.39 is 18.2 Å². The highest BCUT2D eigenvalue weighted by molar-refractivity contribution is 6.31. The summed E-state index contributed by atoms with van der Waals surface area (Å²) in [5, 5.41) is 3.78. The van der Waals surface area contributed by atoms with Gasteiger partial charge in [-0.1, -0.05) is 86.1 Å². The Morgan fingerprint density at radius 1 is 0.581 bits per heavy atom. The van der Waals surface area contributed by atoms with Gasteiger partial charge < -0.3 is 18.9 Å². The van der Waals surface area contributed by atoms with Crippen molar-refractivity contribution in [2.75, 3.05) is 13.2 Å². The summed E-state index contributed by atoms with van der Waals surface area (Å²) in [7, 11) is 0. The van der Waals surface area contributed by atoms with Gasteiger partial charge in [0.15, 0.2) is 0 Å².